The summed E-state index contributed by atoms with van der Waals surface area (Å²) in [5.74, 6) is 0.703. The number of hydrogen-bond donors (Lipinski definition) is 1. The van der Waals surface area contributed by atoms with Crippen LogP contribution in [0.5, 0.6) is 0 Å². The van der Waals surface area contributed by atoms with E-state index in [1.165, 1.54) is 30.6 Å². The topological polar surface area (TPSA) is 28.2 Å². The van der Waals surface area contributed by atoms with Crippen molar-refractivity contribution in [2.75, 3.05) is 11.4 Å². The Kier molecular flexibility index (Phi) is 4.69. The molecule has 20 heavy (non-hydrogen) atoms. The van der Waals surface area contributed by atoms with Gasteiger partial charge in [-0.1, -0.05) is 13.8 Å². The van der Waals surface area contributed by atoms with Crippen LogP contribution < -0.4 is 10.2 Å². The monoisotopic (exact) mass is 275 g/mol. The fourth-order valence-electron chi connectivity index (χ4n) is 2.98. The Morgan fingerprint density at radius 2 is 2.15 bits per heavy atom. The highest BCUT2D eigenvalue weighted by Crippen LogP contribution is 2.31. The molecule has 1 aliphatic rings. The predicted octanol–water partition coefficient (Wildman–Crippen LogP) is 3.59. The van der Waals surface area contributed by atoms with E-state index in [0.29, 0.717) is 12.0 Å². The van der Waals surface area contributed by atoms with E-state index >= 15 is 0 Å². The fourth-order valence-corrected chi connectivity index (χ4v) is 2.98. The zero-order valence-electron chi connectivity index (χ0n) is 13.6. The Bertz CT molecular complexity index is 434. The number of nitrogens with one attached hydrogen (secondary N) is 1. The molecule has 1 saturated heterocycles. The molecule has 112 valence electrons. The van der Waals surface area contributed by atoms with Crippen molar-refractivity contribution in [3.63, 3.8) is 0 Å². The predicted molar refractivity (Wildman–Crippen MR) is 86.0 cm³/mol. The lowest BCUT2D eigenvalue weighted by atomic mass is 10.0. The van der Waals surface area contributed by atoms with E-state index in [2.05, 4.69) is 55.9 Å². The third-order valence-electron chi connectivity index (χ3n) is 4.07. The first kappa shape index (κ1) is 15.3. The molecular formula is C17H29N3. The number of anilines is 1. The summed E-state index contributed by atoms with van der Waals surface area (Å²) < 4.78 is 0. The van der Waals surface area contributed by atoms with E-state index in [1.54, 1.807) is 0 Å². The van der Waals surface area contributed by atoms with Gasteiger partial charge in [-0.2, -0.15) is 0 Å². The van der Waals surface area contributed by atoms with E-state index in [9.17, 15) is 0 Å². The molecule has 0 radical (unpaired) electrons. The maximum absolute atomic E-state index is 4.32. The van der Waals surface area contributed by atoms with Crippen LogP contribution in [-0.4, -0.2) is 23.1 Å². The Morgan fingerprint density at radius 1 is 1.40 bits per heavy atom. The minimum absolute atomic E-state index is 0.134. The van der Waals surface area contributed by atoms with Gasteiger partial charge in [-0.25, -0.2) is 0 Å². The van der Waals surface area contributed by atoms with Crippen molar-refractivity contribution >= 4 is 5.69 Å². The Morgan fingerprint density at radius 3 is 2.80 bits per heavy atom. The molecule has 0 spiro atoms. The van der Waals surface area contributed by atoms with Crippen molar-refractivity contribution in [1.29, 1.82) is 0 Å². The van der Waals surface area contributed by atoms with Crippen LogP contribution in [0.25, 0.3) is 0 Å². The van der Waals surface area contributed by atoms with E-state index in [1.807, 2.05) is 12.4 Å². The molecule has 3 heteroatoms. The highest BCUT2D eigenvalue weighted by Gasteiger charge is 2.28. The molecule has 0 saturated carbocycles. The largest absolute Gasteiger partial charge is 0.368 e. The number of hydrogen-bond acceptors (Lipinski definition) is 3. The zero-order chi connectivity index (χ0) is 14.8. The van der Waals surface area contributed by atoms with Crippen molar-refractivity contribution in [2.24, 2.45) is 5.92 Å². The second kappa shape index (κ2) is 6.13. The van der Waals surface area contributed by atoms with Gasteiger partial charge in [0.25, 0.3) is 0 Å². The van der Waals surface area contributed by atoms with E-state index in [4.69, 9.17) is 0 Å². The highest BCUT2D eigenvalue weighted by molar-refractivity contribution is 5.54. The van der Waals surface area contributed by atoms with E-state index in [-0.39, 0.29) is 5.54 Å². The molecule has 3 nitrogen and oxygen atoms in total. The van der Waals surface area contributed by atoms with Crippen molar-refractivity contribution in [1.82, 2.24) is 10.3 Å². The van der Waals surface area contributed by atoms with Crippen molar-refractivity contribution in [2.45, 2.75) is 65.6 Å². The van der Waals surface area contributed by atoms with E-state index in [0.717, 1.165) is 6.54 Å². The second-order valence-corrected chi connectivity index (χ2v) is 7.25. The van der Waals surface area contributed by atoms with Crippen LogP contribution >= 0.6 is 0 Å². The van der Waals surface area contributed by atoms with Crippen LogP contribution in [0.3, 0.4) is 0 Å². The standard InChI is InChI=1S/C17H29N3/c1-13(2)15-7-6-10-20(15)16-8-9-18-11-14(16)12-19-17(3,4)5/h8-9,11,13,15,19H,6-7,10,12H2,1-5H3. The van der Waals surface area contributed by atoms with Crippen LogP contribution in [0.1, 0.15) is 53.0 Å². The highest BCUT2D eigenvalue weighted by atomic mass is 15.2. The van der Waals surface area contributed by atoms with Gasteiger partial charge in [0.05, 0.1) is 0 Å². The summed E-state index contributed by atoms with van der Waals surface area (Å²) in [5.41, 5.74) is 2.82. The van der Waals surface area contributed by atoms with Gasteiger partial charge in [0, 0.05) is 48.3 Å². The Labute approximate surface area is 123 Å². The molecule has 1 atom stereocenters. The minimum atomic E-state index is 0.134. The lowest BCUT2D eigenvalue weighted by Gasteiger charge is -2.32. The molecule has 0 aliphatic carbocycles. The average molecular weight is 275 g/mol. The lowest BCUT2D eigenvalue weighted by Crippen LogP contribution is -2.37. The molecule has 2 rings (SSSR count). The molecule has 1 N–H and O–H groups in total. The summed E-state index contributed by atoms with van der Waals surface area (Å²) in [6, 6.07) is 2.85. The number of aromatic nitrogens is 1. The maximum Gasteiger partial charge on any atom is 0.0445 e. The Hall–Kier alpha value is -1.09. The van der Waals surface area contributed by atoms with Gasteiger partial charge in [0.15, 0.2) is 0 Å². The van der Waals surface area contributed by atoms with Crippen molar-refractivity contribution in [3.05, 3.63) is 24.0 Å². The summed E-state index contributed by atoms with van der Waals surface area (Å²) in [5, 5.41) is 3.58. The number of pyridine rings is 1. The normalized spacial score (nSPS) is 19.9. The maximum atomic E-state index is 4.32. The molecular weight excluding hydrogens is 246 g/mol. The molecule has 0 aromatic carbocycles. The molecule has 1 fully saturated rings. The fraction of sp³-hybridized carbons (Fsp3) is 0.706. The zero-order valence-corrected chi connectivity index (χ0v) is 13.6. The first-order chi connectivity index (χ1) is 9.38. The first-order valence-electron chi connectivity index (χ1n) is 7.83. The summed E-state index contributed by atoms with van der Waals surface area (Å²) in [6.07, 6.45) is 6.55. The lowest BCUT2D eigenvalue weighted by molar-refractivity contribution is 0.423. The van der Waals surface area contributed by atoms with Gasteiger partial charge in [0.1, 0.15) is 0 Å². The van der Waals surface area contributed by atoms with Crippen LogP contribution in [0.2, 0.25) is 0 Å². The van der Waals surface area contributed by atoms with Gasteiger partial charge in [-0.15, -0.1) is 0 Å². The molecule has 1 aliphatic heterocycles. The number of rotatable bonds is 4. The van der Waals surface area contributed by atoms with Crippen molar-refractivity contribution in [3.8, 4) is 0 Å². The van der Waals surface area contributed by atoms with Gasteiger partial charge < -0.3 is 10.2 Å². The quantitative estimate of drug-likeness (QED) is 0.910. The van der Waals surface area contributed by atoms with Gasteiger partial charge >= 0.3 is 0 Å². The van der Waals surface area contributed by atoms with Crippen LogP contribution in [-0.2, 0) is 6.54 Å². The molecule has 1 aromatic rings. The summed E-state index contributed by atoms with van der Waals surface area (Å²) in [7, 11) is 0. The van der Waals surface area contributed by atoms with Gasteiger partial charge in [-0.05, 0) is 45.6 Å². The Balaban J connectivity index is 2.19. The second-order valence-electron chi connectivity index (χ2n) is 7.25. The molecule has 0 bridgehead atoms. The van der Waals surface area contributed by atoms with E-state index < -0.39 is 0 Å². The summed E-state index contributed by atoms with van der Waals surface area (Å²) >= 11 is 0. The van der Waals surface area contributed by atoms with Crippen molar-refractivity contribution < 1.29 is 0 Å². The third-order valence-corrected chi connectivity index (χ3v) is 4.07. The van der Waals surface area contributed by atoms with Crippen LogP contribution in [0, 0.1) is 5.92 Å². The smallest absolute Gasteiger partial charge is 0.0445 e. The average Bonchev–Trinajstić information content (AvgIpc) is 2.85. The molecule has 1 unspecified atom stereocenters. The van der Waals surface area contributed by atoms with Gasteiger partial charge in [0.2, 0.25) is 0 Å². The molecule has 0 amide bonds. The summed E-state index contributed by atoms with van der Waals surface area (Å²) in [6.45, 7) is 13.3. The van der Waals surface area contributed by atoms with Crippen LogP contribution in [0.15, 0.2) is 18.5 Å². The SMILES string of the molecule is CC(C)C1CCCN1c1ccncc1CNC(C)(C)C. The number of nitrogens with zero attached hydrogens (tertiary/aromatic N) is 2. The van der Waals surface area contributed by atoms with Gasteiger partial charge in [-0.3, -0.25) is 4.98 Å². The summed E-state index contributed by atoms with van der Waals surface area (Å²) in [4.78, 5) is 6.91. The van der Waals surface area contributed by atoms with Crippen LogP contribution in [0.4, 0.5) is 5.69 Å². The molecule has 2 heterocycles. The third kappa shape index (κ3) is 3.72. The first-order valence-corrected chi connectivity index (χ1v) is 7.83. The molecule has 1 aromatic heterocycles. The minimum Gasteiger partial charge on any atom is -0.368 e.